The third kappa shape index (κ3) is 2.45. The molecule has 1 saturated carbocycles. The fourth-order valence-corrected chi connectivity index (χ4v) is 2.12. The fraction of sp³-hybridized carbons (Fsp3) is 0.333. The van der Waals surface area contributed by atoms with Crippen LogP contribution in [0.15, 0.2) is 24.3 Å². The zero-order valence-corrected chi connectivity index (χ0v) is 9.05. The van der Waals surface area contributed by atoms with Crippen LogP contribution in [0, 0.1) is 5.41 Å². The zero-order valence-electron chi connectivity index (χ0n) is 8.29. The molecule has 1 atom stereocenters. The molecule has 1 aromatic carbocycles. The quantitative estimate of drug-likeness (QED) is 0.778. The molecule has 78 valence electrons. The molecule has 0 heterocycles. The number of ketones is 1. The Morgan fingerprint density at radius 2 is 1.87 bits per heavy atom. The molecule has 2 nitrogen and oxygen atoms in total. The predicted octanol–water partition coefficient (Wildman–Crippen LogP) is 3.20. The van der Waals surface area contributed by atoms with Crippen molar-refractivity contribution in [3.8, 4) is 0 Å². The molecule has 0 saturated heterocycles. The van der Waals surface area contributed by atoms with Crippen LogP contribution in [-0.2, 0) is 4.79 Å². The number of carbonyl (C=O) groups excluding carboxylic acids is 1. The lowest BCUT2D eigenvalue weighted by Gasteiger charge is -2.21. The number of rotatable bonds is 1. The molecule has 15 heavy (non-hydrogen) atoms. The van der Waals surface area contributed by atoms with Crippen LogP contribution in [-0.4, -0.2) is 11.5 Å². The van der Waals surface area contributed by atoms with E-state index in [4.69, 9.17) is 17.0 Å². The molecule has 1 N–H and O–H groups in total. The maximum atomic E-state index is 11.4. The standard InChI is InChI=1S/C12H12ClNO/c13-10-3-1-8(2-4-10)9-5-11(14)7-12(15)6-9/h1-4,9,14H,5-7H2/t9-/m0/s1. The van der Waals surface area contributed by atoms with Crippen molar-refractivity contribution in [1.29, 1.82) is 5.41 Å². The van der Waals surface area contributed by atoms with Crippen molar-refractivity contribution < 1.29 is 4.79 Å². The lowest BCUT2D eigenvalue weighted by molar-refractivity contribution is -0.118. The van der Waals surface area contributed by atoms with Crippen molar-refractivity contribution in [3.63, 3.8) is 0 Å². The van der Waals surface area contributed by atoms with E-state index in [9.17, 15) is 4.79 Å². The summed E-state index contributed by atoms with van der Waals surface area (Å²) in [7, 11) is 0. The smallest absolute Gasteiger partial charge is 0.139 e. The monoisotopic (exact) mass is 221 g/mol. The molecule has 1 aliphatic rings. The van der Waals surface area contributed by atoms with E-state index < -0.39 is 0 Å². The molecule has 3 heteroatoms. The molecule has 0 bridgehead atoms. The topological polar surface area (TPSA) is 40.9 Å². The van der Waals surface area contributed by atoms with Gasteiger partial charge in [-0.3, -0.25) is 4.79 Å². The fourth-order valence-electron chi connectivity index (χ4n) is 2.00. The summed E-state index contributed by atoms with van der Waals surface area (Å²) >= 11 is 5.80. The number of hydrogen-bond acceptors (Lipinski definition) is 2. The number of hydrogen-bond donors (Lipinski definition) is 1. The lowest BCUT2D eigenvalue weighted by atomic mass is 9.82. The van der Waals surface area contributed by atoms with E-state index >= 15 is 0 Å². The Bertz CT molecular complexity index is 381. The van der Waals surface area contributed by atoms with Crippen molar-refractivity contribution in [2.75, 3.05) is 0 Å². The normalized spacial score (nSPS) is 21.8. The highest BCUT2D eigenvalue weighted by Crippen LogP contribution is 2.29. The first-order chi connectivity index (χ1) is 7.15. The molecule has 1 fully saturated rings. The average Bonchev–Trinajstić information content (AvgIpc) is 2.17. The number of carbonyl (C=O) groups is 1. The highest BCUT2D eigenvalue weighted by molar-refractivity contribution is 6.30. The van der Waals surface area contributed by atoms with Crippen molar-refractivity contribution in [1.82, 2.24) is 0 Å². The summed E-state index contributed by atoms with van der Waals surface area (Å²) in [5.74, 6) is 0.349. The molecule has 1 aromatic rings. The first kappa shape index (κ1) is 10.4. The van der Waals surface area contributed by atoms with Crippen molar-refractivity contribution in [3.05, 3.63) is 34.9 Å². The third-order valence-corrected chi connectivity index (χ3v) is 2.97. The van der Waals surface area contributed by atoms with E-state index in [1.165, 1.54) is 0 Å². The second-order valence-electron chi connectivity index (χ2n) is 3.98. The molecule has 0 unspecified atom stereocenters. The highest BCUT2D eigenvalue weighted by Gasteiger charge is 2.24. The van der Waals surface area contributed by atoms with Gasteiger partial charge in [-0.1, -0.05) is 23.7 Å². The van der Waals surface area contributed by atoms with E-state index in [-0.39, 0.29) is 11.7 Å². The third-order valence-electron chi connectivity index (χ3n) is 2.72. The first-order valence-electron chi connectivity index (χ1n) is 4.98. The number of nitrogens with one attached hydrogen (secondary N) is 1. The van der Waals surface area contributed by atoms with Gasteiger partial charge in [-0.15, -0.1) is 0 Å². The summed E-state index contributed by atoms with van der Waals surface area (Å²) in [4.78, 5) is 11.4. The van der Waals surface area contributed by atoms with Gasteiger partial charge < -0.3 is 5.41 Å². The van der Waals surface area contributed by atoms with Crippen LogP contribution >= 0.6 is 11.6 Å². The molecule has 0 amide bonds. The van der Waals surface area contributed by atoms with Crippen LogP contribution in [0.3, 0.4) is 0 Å². The van der Waals surface area contributed by atoms with Crippen molar-refractivity contribution in [2.24, 2.45) is 0 Å². The van der Waals surface area contributed by atoms with Crippen LogP contribution in [0.2, 0.25) is 5.02 Å². The van der Waals surface area contributed by atoms with Gasteiger partial charge in [0.25, 0.3) is 0 Å². The summed E-state index contributed by atoms with van der Waals surface area (Å²) in [6.45, 7) is 0. The SMILES string of the molecule is N=C1CC(=O)C[C@@H](c2ccc(Cl)cc2)C1. The zero-order chi connectivity index (χ0) is 10.8. The van der Waals surface area contributed by atoms with E-state index in [1.807, 2.05) is 24.3 Å². The maximum Gasteiger partial charge on any atom is 0.139 e. The van der Waals surface area contributed by atoms with Crippen LogP contribution < -0.4 is 0 Å². The van der Waals surface area contributed by atoms with Crippen molar-refractivity contribution in [2.45, 2.75) is 25.2 Å². The molecule has 0 aliphatic heterocycles. The molecular weight excluding hydrogens is 210 g/mol. The van der Waals surface area contributed by atoms with Crippen LogP contribution in [0.5, 0.6) is 0 Å². The van der Waals surface area contributed by atoms with Gasteiger partial charge in [-0.25, -0.2) is 0 Å². The van der Waals surface area contributed by atoms with Gasteiger partial charge in [-0.2, -0.15) is 0 Å². The van der Waals surface area contributed by atoms with Gasteiger partial charge in [0.05, 0.1) is 0 Å². The van der Waals surface area contributed by atoms with E-state index in [1.54, 1.807) is 0 Å². The minimum atomic E-state index is 0.172. The van der Waals surface area contributed by atoms with E-state index in [0.717, 1.165) is 5.56 Å². The minimum Gasteiger partial charge on any atom is -0.309 e. The Balaban J connectivity index is 2.19. The van der Waals surface area contributed by atoms with Gasteiger partial charge in [0.15, 0.2) is 0 Å². The number of benzene rings is 1. The number of Topliss-reactive ketones (excluding diaryl/α,β-unsaturated/α-hetero) is 1. The average molecular weight is 222 g/mol. The second kappa shape index (κ2) is 4.15. The summed E-state index contributed by atoms with van der Waals surface area (Å²) < 4.78 is 0. The summed E-state index contributed by atoms with van der Waals surface area (Å²) in [6, 6.07) is 7.55. The van der Waals surface area contributed by atoms with Crippen molar-refractivity contribution >= 4 is 23.1 Å². The van der Waals surface area contributed by atoms with Gasteiger partial charge in [-0.05, 0) is 30.0 Å². The summed E-state index contributed by atoms with van der Waals surface area (Å²) in [6.07, 6.45) is 1.60. The Labute approximate surface area is 93.8 Å². The van der Waals surface area contributed by atoms with Gasteiger partial charge in [0.2, 0.25) is 0 Å². The predicted molar refractivity (Wildman–Crippen MR) is 60.8 cm³/mol. The number of halogens is 1. The highest BCUT2D eigenvalue weighted by atomic mass is 35.5. The summed E-state index contributed by atoms with van der Waals surface area (Å²) in [5, 5.41) is 8.30. The Morgan fingerprint density at radius 1 is 1.20 bits per heavy atom. The second-order valence-corrected chi connectivity index (χ2v) is 4.41. The molecule has 1 aliphatic carbocycles. The summed E-state index contributed by atoms with van der Waals surface area (Å²) in [5.41, 5.74) is 1.66. The van der Waals surface area contributed by atoms with Gasteiger partial charge in [0, 0.05) is 23.6 Å². The molecule has 0 aromatic heterocycles. The molecule has 2 rings (SSSR count). The van der Waals surface area contributed by atoms with Crippen LogP contribution in [0.25, 0.3) is 0 Å². The lowest BCUT2D eigenvalue weighted by Crippen LogP contribution is -2.20. The van der Waals surface area contributed by atoms with Crippen LogP contribution in [0.1, 0.15) is 30.7 Å². The van der Waals surface area contributed by atoms with Gasteiger partial charge in [0.1, 0.15) is 5.78 Å². The largest absolute Gasteiger partial charge is 0.309 e. The Kier molecular flexibility index (Phi) is 2.87. The maximum absolute atomic E-state index is 11.4. The molecular formula is C12H12ClNO. The van der Waals surface area contributed by atoms with E-state index in [0.29, 0.717) is 30.0 Å². The Hall–Kier alpha value is -1.15. The van der Waals surface area contributed by atoms with Crippen LogP contribution in [0.4, 0.5) is 0 Å². The van der Waals surface area contributed by atoms with Gasteiger partial charge >= 0.3 is 0 Å². The minimum absolute atomic E-state index is 0.172. The molecule has 0 radical (unpaired) electrons. The Morgan fingerprint density at radius 3 is 2.47 bits per heavy atom. The van der Waals surface area contributed by atoms with E-state index in [2.05, 4.69) is 0 Å². The molecule has 0 spiro atoms. The first-order valence-corrected chi connectivity index (χ1v) is 5.36.